The van der Waals surface area contributed by atoms with E-state index in [2.05, 4.69) is 13.8 Å². The van der Waals surface area contributed by atoms with Gasteiger partial charge in [-0.3, -0.25) is 0 Å². The van der Waals surface area contributed by atoms with Crippen LogP contribution in [0.2, 0.25) is 0 Å². The van der Waals surface area contributed by atoms with Crippen LogP contribution in [0, 0.1) is 5.41 Å². The zero-order valence-corrected chi connectivity index (χ0v) is 12.1. The molecule has 1 heterocycles. The van der Waals surface area contributed by atoms with Gasteiger partial charge in [0.2, 0.25) is 0 Å². The molecular formula is C9H16N4O2S2. The van der Waals surface area contributed by atoms with E-state index in [4.69, 9.17) is 0 Å². The minimum absolute atomic E-state index is 0.0823. The van der Waals surface area contributed by atoms with Crippen molar-refractivity contribution in [3.8, 4) is 0 Å². The van der Waals surface area contributed by atoms with Crippen LogP contribution >= 0.6 is 11.5 Å². The maximum absolute atomic E-state index is 11.9. The van der Waals surface area contributed by atoms with Crippen LogP contribution in [0.4, 0.5) is 0 Å². The van der Waals surface area contributed by atoms with Crippen LogP contribution in [0.15, 0.2) is 15.1 Å². The standard InChI is InChI=1S/C9H16N4O2S2/c1-9(2,3)7(13(4)5)12-17(14,15)8-10-6-11-16-8/h6H,1-5H3. The normalized spacial score (nSPS) is 13.8. The molecule has 0 N–H and O–H groups in total. The fraction of sp³-hybridized carbons (Fsp3) is 0.667. The molecule has 1 rings (SSSR count). The lowest BCUT2D eigenvalue weighted by Gasteiger charge is -2.27. The summed E-state index contributed by atoms with van der Waals surface area (Å²) in [6.45, 7) is 5.71. The van der Waals surface area contributed by atoms with Gasteiger partial charge in [0.1, 0.15) is 12.2 Å². The van der Waals surface area contributed by atoms with E-state index >= 15 is 0 Å². The van der Waals surface area contributed by atoms with Gasteiger partial charge < -0.3 is 4.90 Å². The second kappa shape index (κ2) is 4.69. The highest BCUT2D eigenvalue weighted by molar-refractivity contribution is 7.92. The lowest BCUT2D eigenvalue weighted by molar-refractivity contribution is 0.481. The Morgan fingerprint density at radius 3 is 2.35 bits per heavy atom. The monoisotopic (exact) mass is 276 g/mol. The number of hydrogen-bond donors (Lipinski definition) is 0. The van der Waals surface area contributed by atoms with Crippen LogP contribution in [0.3, 0.4) is 0 Å². The minimum atomic E-state index is -3.75. The molecule has 0 saturated heterocycles. The maximum Gasteiger partial charge on any atom is 0.312 e. The quantitative estimate of drug-likeness (QED) is 0.600. The molecule has 0 spiro atoms. The second-order valence-electron chi connectivity index (χ2n) is 4.74. The second-order valence-corrected chi connectivity index (χ2v) is 7.30. The fourth-order valence-electron chi connectivity index (χ4n) is 1.32. The number of nitrogens with zero attached hydrogens (tertiary/aromatic N) is 4. The highest BCUT2D eigenvalue weighted by Gasteiger charge is 2.26. The van der Waals surface area contributed by atoms with Gasteiger partial charge in [0, 0.05) is 19.5 Å². The van der Waals surface area contributed by atoms with Gasteiger partial charge in [-0.15, -0.1) is 4.40 Å². The lowest BCUT2D eigenvalue weighted by Crippen LogP contribution is -2.35. The van der Waals surface area contributed by atoms with Crippen molar-refractivity contribution < 1.29 is 8.42 Å². The summed E-state index contributed by atoms with van der Waals surface area (Å²) in [5.41, 5.74) is -0.360. The van der Waals surface area contributed by atoms with E-state index in [0.717, 1.165) is 11.5 Å². The highest BCUT2D eigenvalue weighted by atomic mass is 32.2. The van der Waals surface area contributed by atoms with Gasteiger partial charge in [0.15, 0.2) is 0 Å². The summed E-state index contributed by atoms with van der Waals surface area (Å²) in [4.78, 5) is 5.37. The first-order valence-corrected chi connectivity index (χ1v) is 7.15. The predicted molar refractivity (Wildman–Crippen MR) is 67.7 cm³/mol. The van der Waals surface area contributed by atoms with Gasteiger partial charge in [0.05, 0.1) is 0 Å². The number of amidine groups is 1. The summed E-state index contributed by atoms with van der Waals surface area (Å²) in [5.74, 6) is 0.479. The number of sulfonamides is 1. The highest BCUT2D eigenvalue weighted by Crippen LogP contribution is 2.21. The summed E-state index contributed by atoms with van der Waals surface area (Å²) < 4.78 is 31.3. The third-order valence-corrected chi connectivity index (χ3v) is 4.14. The number of hydrogen-bond acceptors (Lipinski definition) is 5. The molecule has 1 aromatic heterocycles. The largest absolute Gasteiger partial charge is 0.365 e. The summed E-state index contributed by atoms with van der Waals surface area (Å²) in [6.07, 6.45) is 1.21. The van der Waals surface area contributed by atoms with Gasteiger partial charge in [-0.25, -0.2) is 4.98 Å². The molecule has 0 aliphatic rings. The molecule has 0 aliphatic carbocycles. The van der Waals surface area contributed by atoms with Crippen LogP contribution in [-0.4, -0.2) is 42.6 Å². The molecule has 0 bridgehead atoms. The van der Waals surface area contributed by atoms with Crippen molar-refractivity contribution in [1.82, 2.24) is 14.3 Å². The zero-order valence-electron chi connectivity index (χ0n) is 10.5. The van der Waals surface area contributed by atoms with Crippen molar-refractivity contribution >= 4 is 27.4 Å². The Labute approximate surface area is 106 Å². The molecule has 0 fully saturated rings. The molecule has 0 radical (unpaired) electrons. The Kier molecular flexibility index (Phi) is 3.88. The van der Waals surface area contributed by atoms with E-state index < -0.39 is 10.0 Å². The van der Waals surface area contributed by atoms with Crippen LogP contribution in [0.25, 0.3) is 0 Å². The average Bonchev–Trinajstić information content (AvgIpc) is 2.65. The Bertz CT molecular complexity index is 498. The van der Waals surface area contributed by atoms with Crippen LogP contribution in [-0.2, 0) is 10.0 Å². The molecule has 0 aliphatic heterocycles. The first-order chi connectivity index (χ1) is 7.64. The molecule has 0 saturated carbocycles. The molecule has 0 amide bonds. The zero-order chi connectivity index (χ0) is 13.3. The Morgan fingerprint density at radius 2 is 2.00 bits per heavy atom. The van der Waals surface area contributed by atoms with Gasteiger partial charge in [-0.2, -0.15) is 12.8 Å². The number of rotatable bonds is 2. The van der Waals surface area contributed by atoms with Crippen molar-refractivity contribution in [2.45, 2.75) is 25.1 Å². The Hall–Kier alpha value is -1.02. The Morgan fingerprint density at radius 1 is 1.41 bits per heavy atom. The van der Waals surface area contributed by atoms with E-state index in [0.29, 0.717) is 5.84 Å². The van der Waals surface area contributed by atoms with Crippen LogP contribution < -0.4 is 0 Å². The van der Waals surface area contributed by atoms with Crippen molar-refractivity contribution in [3.05, 3.63) is 6.33 Å². The van der Waals surface area contributed by atoms with Gasteiger partial charge >= 0.3 is 10.0 Å². The predicted octanol–water partition coefficient (Wildman–Crippen LogP) is 1.23. The van der Waals surface area contributed by atoms with Gasteiger partial charge in [0.25, 0.3) is 4.34 Å². The van der Waals surface area contributed by atoms with E-state index in [9.17, 15) is 8.42 Å². The maximum atomic E-state index is 11.9. The molecule has 8 heteroatoms. The lowest BCUT2D eigenvalue weighted by atomic mass is 9.94. The van der Waals surface area contributed by atoms with Crippen LogP contribution in [0.1, 0.15) is 20.8 Å². The summed E-state index contributed by atoms with van der Waals surface area (Å²) in [6, 6.07) is 0. The molecule has 0 aromatic carbocycles. The minimum Gasteiger partial charge on any atom is -0.365 e. The molecule has 17 heavy (non-hydrogen) atoms. The Balaban J connectivity index is 3.25. The molecule has 6 nitrogen and oxygen atoms in total. The topological polar surface area (TPSA) is 75.5 Å². The average molecular weight is 276 g/mol. The van der Waals surface area contributed by atoms with Crippen molar-refractivity contribution in [1.29, 1.82) is 0 Å². The van der Waals surface area contributed by atoms with Gasteiger partial charge in [-0.05, 0) is 11.5 Å². The van der Waals surface area contributed by atoms with Gasteiger partial charge in [-0.1, -0.05) is 20.8 Å². The molecule has 0 unspecified atom stereocenters. The van der Waals surface area contributed by atoms with E-state index in [1.807, 2.05) is 20.8 Å². The summed E-state index contributed by atoms with van der Waals surface area (Å²) >= 11 is 0.820. The third kappa shape index (κ3) is 3.47. The SMILES string of the molecule is CN(C)C(=NS(=O)(=O)c1ncns1)C(C)(C)C. The van der Waals surface area contributed by atoms with E-state index in [-0.39, 0.29) is 9.75 Å². The first kappa shape index (κ1) is 14.0. The van der Waals surface area contributed by atoms with E-state index in [1.165, 1.54) is 6.33 Å². The molecule has 96 valence electrons. The van der Waals surface area contributed by atoms with Crippen molar-refractivity contribution in [2.75, 3.05) is 14.1 Å². The van der Waals surface area contributed by atoms with Crippen molar-refractivity contribution in [3.63, 3.8) is 0 Å². The third-order valence-electron chi connectivity index (χ3n) is 1.86. The summed E-state index contributed by atoms with van der Waals surface area (Å²) in [7, 11) is -0.226. The molecule has 1 aromatic rings. The molecule has 0 atom stereocenters. The van der Waals surface area contributed by atoms with E-state index in [1.54, 1.807) is 19.0 Å². The summed E-state index contributed by atoms with van der Waals surface area (Å²) in [5, 5.41) is 0. The molecular weight excluding hydrogens is 260 g/mol. The smallest absolute Gasteiger partial charge is 0.312 e. The van der Waals surface area contributed by atoms with Crippen molar-refractivity contribution in [2.24, 2.45) is 9.81 Å². The number of aromatic nitrogens is 2. The van der Waals surface area contributed by atoms with Crippen LogP contribution in [0.5, 0.6) is 0 Å². The first-order valence-electron chi connectivity index (χ1n) is 4.94. The fourth-order valence-corrected chi connectivity index (χ4v) is 3.14.